The van der Waals surface area contributed by atoms with E-state index in [-0.39, 0.29) is 24.2 Å². The largest absolute Gasteiger partial charge is 0.337 e. The molecule has 1 fully saturated rings. The Bertz CT molecular complexity index is 490. The molecular weight excluding hydrogens is 290 g/mol. The zero-order chi connectivity index (χ0) is 14.5. The molecule has 1 atom stereocenters. The third-order valence-electron chi connectivity index (χ3n) is 3.57. The second kappa shape index (κ2) is 8.00. The molecule has 0 aromatic heterocycles. The van der Waals surface area contributed by atoms with Gasteiger partial charge in [0.25, 0.3) is 5.91 Å². The summed E-state index contributed by atoms with van der Waals surface area (Å²) in [7, 11) is 1.93. The second-order valence-corrected chi connectivity index (χ2v) is 5.14. The molecule has 0 saturated carbocycles. The van der Waals surface area contributed by atoms with Gasteiger partial charge in [-0.1, -0.05) is 0 Å². The third-order valence-corrected chi connectivity index (χ3v) is 3.57. The lowest BCUT2D eigenvalue weighted by Gasteiger charge is -2.32. The van der Waals surface area contributed by atoms with Crippen molar-refractivity contribution < 1.29 is 9.59 Å². The molecule has 2 amide bonds. The summed E-state index contributed by atoms with van der Waals surface area (Å²) < 4.78 is 0. The van der Waals surface area contributed by atoms with Crippen molar-refractivity contribution in [1.29, 1.82) is 0 Å². The minimum atomic E-state index is -0.114. The number of nitrogens with zero attached hydrogens (tertiary/aromatic N) is 1. The van der Waals surface area contributed by atoms with Crippen molar-refractivity contribution in [2.75, 3.05) is 25.5 Å². The van der Waals surface area contributed by atoms with Crippen molar-refractivity contribution >= 4 is 29.9 Å². The van der Waals surface area contributed by atoms with Crippen LogP contribution >= 0.6 is 12.4 Å². The molecule has 5 nitrogen and oxygen atoms in total. The number of carbonyl (C=O) groups is 2. The van der Waals surface area contributed by atoms with E-state index >= 15 is 0 Å². The summed E-state index contributed by atoms with van der Waals surface area (Å²) in [6.45, 7) is 3.03. The molecule has 0 radical (unpaired) electrons. The Labute approximate surface area is 131 Å². The van der Waals surface area contributed by atoms with E-state index in [1.807, 2.05) is 11.9 Å². The van der Waals surface area contributed by atoms with Crippen molar-refractivity contribution in [2.45, 2.75) is 25.8 Å². The Kier molecular flexibility index (Phi) is 6.65. The summed E-state index contributed by atoms with van der Waals surface area (Å²) in [5.41, 5.74) is 1.37. The summed E-state index contributed by atoms with van der Waals surface area (Å²) >= 11 is 0. The predicted octanol–water partition coefficient (Wildman–Crippen LogP) is 1.89. The number of hydrogen-bond acceptors (Lipinski definition) is 3. The fourth-order valence-corrected chi connectivity index (χ4v) is 2.48. The second-order valence-electron chi connectivity index (χ2n) is 5.14. The van der Waals surface area contributed by atoms with Crippen molar-refractivity contribution in [3.8, 4) is 0 Å². The van der Waals surface area contributed by atoms with Crippen LogP contribution in [-0.4, -0.2) is 42.9 Å². The number of likely N-dealkylation sites (tertiary alicyclic amines) is 1. The molecular formula is C15H22ClN3O2. The maximum atomic E-state index is 12.4. The van der Waals surface area contributed by atoms with Crippen LogP contribution in [0.2, 0.25) is 0 Å². The molecule has 0 bridgehead atoms. The van der Waals surface area contributed by atoms with Gasteiger partial charge < -0.3 is 15.5 Å². The van der Waals surface area contributed by atoms with Gasteiger partial charge in [-0.15, -0.1) is 12.4 Å². The molecule has 1 heterocycles. The molecule has 21 heavy (non-hydrogen) atoms. The van der Waals surface area contributed by atoms with Gasteiger partial charge in [0.2, 0.25) is 5.91 Å². The highest BCUT2D eigenvalue weighted by molar-refractivity contribution is 5.95. The molecule has 0 spiro atoms. The number of carbonyl (C=O) groups excluding carboxylic acids is 2. The van der Waals surface area contributed by atoms with E-state index in [4.69, 9.17) is 0 Å². The van der Waals surface area contributed by atoms with Gasteiger partial charge in [0.1, 0.15) is 0 Å². The maximum absolute atomic E-state index is 12.4. The molecule has 2 N–H and O–H groups in total. The first-order chi connectivity index (χ1) is 9.60. The predicted molar refractivity (Wildman–Crippen MR) is 86.0 cm³/mol. The number of amides is 2. The summed E-state index contributed by atoms with van der Waals surface area (Å²) in [5, 5.41) is 5.92. The highest BCUT2D eigenvalue weighted by Crippen LogP contribution is 2.15. The van der Waals surface area contributed by atoms with Gasteiger partial charge in [0, 0.05) is 37.3 Å². The first-order valence-electron chi connectivity index (χ1n) is 6.94. The first-order valence-corrected chi connectivity index (χ1v) is 6.94. The van der Waals surface area contributed by atoms with Gasteiger partial charge in [-0.3, -0.25) is 9.59 Å². The third kappa shape index (κ3) is 4.72. The fraction of sp³-hybridized carbons (Fsp3) is 0.467. The first kappa shape index (κ1) is 17.5. The van der Waals surface area contributed by atoms with Crippen LogP contribution in [0.4, 0.5) is 5.69 Å². The van der Waals surface area contributed by atoms with Crippen molar-refractivity contribution in [1.82, 2.24) is 10.2 Å². The highest BCUT2D eigenvalue weighted by atomic mass is 35.5. The smallest absolute Gasteiger partial charge is 0.253 e. The molecule has 1 aromatic carbocycles. The fourth-order valence-electron chi connectivity index (χ4n) is 2.48. The molecule has 116 valence electrons. The normalized spacial score (nSPS) is 17.8. The highest BCUT2D eigenvalue weighted by Gasteiger charge is 2.23. The van der Waals surface area contributed by atoms with Gasteiger partial charge in [0.05, 0.1) is 0 Å². The molecule has 1 aromatic rings. The Morgan fingerprint density at radius 1 is 1.24 bits per heavy atom. The Hall–Kier alpha value is -1.59. The summed E-state index contributed by atoms with van der Waals surface area (Å²) in [4.78, 5) is 25.2. The minimum Gasteiger partial charge on any atom is -0.337 e. The zero-order valence-corrected chi connectivity index (χ0v) is 13.2. The number of nitrogens with one attached hydrogen (secondary N) is 2. The molecule has 2 rings (SSSR count). The number of rotatable bonds is 3. The van der Waals surface area contributed by atoms with Crippen LogP contribution in [0.25, 0.3) is 0 Å². The van der Waals surface area contributed by atoms with Crippen LogP contribution in [0.1, 0.15) is 30.1 Å². The van der Waals surface area contributed by atoms with Crippen LogP contribution < -0.4 is 10.6 Å². The van der Waals surface area contributed by atoms with E-state index in [2.05, 4.69) is 10.6 Å². The van der Waals surface area contributed by atoms with Gasteiger partial charge in [-0.2, -0.15) is 0 Å². The zero-order valence-electron chi connectivity index (χ0n) is 12.4. The van der Waals surface area contributed by atoms with Crippen LogP contribution in [0.15, 0.2) is 24.3 Å². The minimum absolute atomic E-state index is 0. The monoisotopic (exact) mass is 311 g/mol. The average Bonchev–Trinajstić information content (AvgIpc) is 2.47. The lowest BCUT2D eigenvalue weighted by atomic mass is 10.0. The average molecular weight is 312 g/mol. The van der Waals surface area contributed by atoms with E-state index in [0.29, 0.717) is 17.3 Å². The lowest BCUT2D eigenvalue weighted by Crippen LogP contribution is -2.46. The molecule has 1 aliphatic rings. The SMILES string of the molecule is CNC1CCCN(C(=O)c2ccc(NC(C)=O)cc2)C1.Cl. The standard InChI is InChI=1S/C15H21N3O2.ClH/c1-11(19)17-13-7-5-12(6-8-13)15(20)18-9-3-4-14(10-18)16-2;/h5-8,14,16H,3-4,9-10H2,1-2H3,(H,17,19);1H. The van der Waals surface area contributed by atoms with Gasteiger partial charge in [0.15, 0.2) is 0 Å². The van der Waals surface area contributed by atoms with Gasteiger partial charge in [-0.25, -0.2) is 0 Å². The molecule has 1 aliphatic heterocycles. The van der Waals surface area contributed by atoms with Crippen LogP contribution in [0, 0.1) is 0 Å². The Morgan fingerprint density at radius 3 is 2.48 bits per heavy atom. The summed E-state index contributed by atoms with van der Waals surface area (Å²) in [6, 6.07) is 7.42. The molecule has 0 aliphatic carbocycles. The van der Waals surface area contributed by atoms with E-state index in [1.165, 1.54) is 6.92 Å². The van der Waals surface area contributed by atoms with Crippen LogP contribution in [0.3, 0.4) is 0 Å². The quantitative estimate of drug-likeness (QED) is 0.896. The Balaban J connectivity index is 0.00000220. The summed E-state index contributed by atoms with van der Waals surface area (Å²) in [6.07, 6.45) is 2.14. The van der Waals surface area contributed by atoms with E-state index in [0.717, 1.165) is 25.9 Å². The number of hydrogen-bond donors (Lipinski definition) is 2. The van der Waals surface area contributed by atoms with Gasteiger partial charge >= 0.3 is 0 Å². The molecule has 1 saturated heterocycles. The van der Waals surface area contributed by atoms with Gasteiger partial charge in [-0.05, 0) is 44.2 Å². The molecule has 1 unspecified atom stereocenters. The lowest BCUT2D eigenvalue weighted by molar-refractivity contribution is -0.114. The number of piperidine rings is 1. The van der Waals surface area contributed by atoms with E-state index in [1.54, 1.807) is 24.3 Å². The number of halogens is 1. The topological polar surface area (TPSA) is 61.4 Å². The van der Waals surface area contributed by atoms with Crippen LogP contribution in [-0.2, 0) is 4.79 Å². The molecule has 6 heteroatoms. The number of anilines is 1. The maximum Gasteiger partial charge on any atom is 0.253 e. The van der Waals surface area contributed by atoms with Crippen molar-refractivity contribution in [2.24, 2.45) is 0 Å². The van der Waals surface area contributed by atoms with E-state index in [9.17, 15) is 9.59 Å². The number of benzene rings is 1. The van der Waals surface area contributed by atoms with Crippen molar-refractivity contribution in [3.63, 3.8) is 0 Å². The summed E-state index contributed by atoms with van der Waals surface area (Å²) in [5.74, 6) is -0.0590. The Morgan fingerprint density at radius 2 is 1.90 bits per heavy atom. The number of likely N-dealkylation sites (N-methyl/N-ethyl adjacent to an activating group) is 1. The van der Waals surface area contributed by atoms with Crippen LogP contribution in [0.5, 0.6) is 0 Å². The van der Waals surface area contributed by atoms with Crippen molar-refractivity contribution in [3.05, 3.63) is 29.8 Å². The van der Waals surface area contributed by atoms with E-state index < -0.39 is 0 Å².